The molecule has 4 aromatic heterocycles. The number of halogens is 1. The summed E-state index contributed by atoms with van der Waals surface area (Å²) in [6.45, 7) is 0. The van der Waals surface area contributed by atoms with Gasteiger partial charge in [0, 0.05) is 60.8 Å². The lowest BCUT2D eigenvalue weighted by molar-refractivity contribution is 0.668. The third-order valence-corrected chi connectivity index (χ3v) is 14.5. The first-order chi connectivity index (χ1) is 36.1. The molecule has 0 amide bonds. The molecule has 0 radical (unpaired) electrons. The van der Waals surface area contributed by atoms with Crippen LogP contribution in [0.25, 0.3) is 110 Å². The molecule has 73 heavy (non-hydrogen) atoms. The summed E-state index contributed by atoms with van der Waals surface area (Å²) < 4.78 is 26.8. The Bertz CT molecular complexity index is 4370. The second-order valence-corrected chi connectivity index (χ2v) is 18.9. The Balaban J connectivity index is 1.04. The largest absolute Gasteiger partial charge is 0.456 e. The fourth-order valence-corrected chi connectivity index (χ4v) is 11.4. The molecule has 11 aromatic carbocycles. The van der Waals surface area contributed by atoms with Gasteiger partial charge in [0.05, 0.1) is 33.5 Å². The number of hydrogen-bond donors (Lipinski definition) is 0. The highest BCUT2D eigenvalue weighted by Crippen LogP contribution is 2.51. The van der Waals surface area contributed by atoms with Crippen molar-refractivity contribution in [3.05, 3.63) is 242 Å². The zero-order valence-electron chi connectivity index (χ0n) is 38.9. The highest BCUT2D eigenvalue weighted by Gasteiger charge is 2.27. The van der Waals surface area contributed by atoms with Crippen LogP contribution < -0.4 is 9.80 Å². The number of furan rings is 4. The first kappa shape index (κ1) is 41.3. The van der Waals surface area contributed by atoms with Crippen molar-refractivity contribution >= 4 is 133 Å². The quantitative estimate of drug-likeness (QED) is 0.151. The first-order valence-electron chi connectivity index (χ1n) is 24.3. The number of fused-ring (bicyclic) bond motifs is 12. The van der Waals surface area contributed by atoms with Crippen LogP contribution in [0.2, 0.25) is 5.02 Å². The van der Waals surface area contributed by atoms with Crippen molar-refractivity contribution in [3.8, 4) is 22.3 Å². The van der Waals surface area contributed by atoms with Crippen LogP contribution in [0.15, 0.2) is 254 Å². The molecule has 0 saturated carbocycles. The molecule has 0 aliphatic carbocycles. The van der Waals surface area contributed by atoms with Gasteiger partial charge in [-0.1, -0.05) is 157 Å². The normalized spacial score (nSPS) is 11.9. The Morgan fingerprint density at radius 3 is 1.00 bits per heavy atom. The van der Waals surface area contributed by atoms with Gasteiger partial charge in [0.1, 0.15) is 44.7 Å². The van der Waals surface area contributed by atoms with E-state index in [-0.39, 0.29) is 0 Å². The maximum Gasteiger partial charge on any atom is 0.138 e. The highest BCUT2D eigenvalue weighted by molar-refractivity contribution is 6.31. The predicted octanol–water partition coefficient (Wildman–Crippen LogP) is 20.2. The van der Waals surface area contributed by atoms with E-state index in [9.17, 15) is 0 Å². The lowest BCUT2D eigenvalue weighted by Crippen LogP contribution is -2.14. The van der Waals surface area contributed by atoms with Crippen molar-refractivity contribution in [2.45, 2.75) is 0 Å². The topological polar surface area (TPSA) is 59.0 Å². The average Bonchev–Trinajstić information content (AvgIpc) is 4.21. The maximum atomic E-state index is 7.60. The van der Waals surface area contributed by atoms with Crippen molar-refractivity contribution in [2.75, 3.05) is 9.80 Å². The molecule has 6 nitrogen and oxygen atoms in total. The van der Waals surface area contributed by atoms with E-state index in [0.29, 0.717) is 5.02 Å². The lowest BCUT2D eigenvalue weighted by Gasteiger charge is -2.31. The first-order valence-corrected chi connectivity index (χ1v) is 24.7. The molecule has 0 aliphatic rings. The molecule has 0 N–H and O–H groups in total. The molecule has 15 rings (SSSR count). The Morgan fingerprint density at radius 1 is 0.260 bits per heavy atom. The Morgan fingerprint density at radius 2 is 0.589 bits per heavy atom. The molecular weight excluding hydrogens is 920 g/mol. The maximum absolute atomic E-state index is 7.60. The van der Waals surface area contributed by atoms with E-state index >= 15 is 0 Å². The van der Waals surface area contributed by atoms with Crippen molar-refractivity contribution in [1.82, 2.24) is 0 Å². The van der Waals surface area contributed by atoms with E-state index in [0.717, 1.165) is 144 Å². The van der Waals surface area contributed by atoms with E-state index in [1.54, 1.807) is 0 Å². The molecule has 15 aromatic rings. The van der Waals surface area contributed by atoms with Crippen molar-refractivity contribution in [3.63, 3.8) is 0 Å². The molecule has 0 aliphatic heterocycles. The van der Waals surface area contributed by atoms with Gasteiger partial charge in [-0.25, -0.2) is 0 Å². The van der Waals surface area contributed by atoms with Crippen molar-refractivity contribution in [2.24, 2.45) is 0 Å². The van der Waals surface area contributed by atoms with Gasteiger partial charge >= 0.3 is 0 Å². The molecule has 0 bridgehead atoms. The molecule has 0 spiro atoms. The van der Waals surface area contributed by atoms with E-state index in [4.69, 9.17) is 29.3 Å². The van der Waals surface area contributed by atoms with Crippen LogP contribution in [0.1, 0.15) is 0 Å². The van der Waals surface area contributed by atoms with E-state index in [1.807, 2.05) is 72.8 Å². The minimum Gasteiger partial charge on any atom is -0.456 e. The standard InChI is InChI=1S/C66H39ClN2O4/c67-42-33-43(68(53-25-15-31-59-65(53)49-23-9-13-29-57(49)70-59)45-36-51(40-17-3-1-4-18-40)63-47-21-7-11-27-55(47)72-61(63)38-45)35-44(34-42)69(54-26-16-32-60-66(54)50-24-10-14-30-58(50)71-60)46-37-52(41-19-5-2-6-20-41)64-48-22-8-12-28-56(48)73-62(64)39-46/h1-39H. The minimum absolute atomic E-state index is 0.539. The number of hydrogen-bond acceptors (Lipinski definition) is 6. The fourth-order valence-electron chi connectivity index (χ4n) is 11.2. The van der Waals surface area contributed by atoms with Gasteiger partial charge in [0.25, 0.3) is 0 Å². The van der Waals surface area contributed by atoms with Gasteiger partial charge in [-0.15, -0.1) is 0 Å². The number of rotatable bonds is 8. The molecule has 0 saturated heterocycles. The van der Waals surface area contributed by atoms with Crippen LogP contribution in [-0.4, -0.2) is 0 Å². The zero-order valence-corrected chi connectivity index (χ0v) is 39.7. The second kappa shape index (κ2) is 16.3. The number of para-hydroxylation sites is 4. The average molecular weight is 960 g/mol. The Labute approximate surface area is 422 Å². The van der Waals surface area contributed by atoms with E-state index < -0.39 is 0 Å². The SMILES string of the molecule is Clc1cc(N(c2cc(-c3ccccc3)c3c(c2)oc2ccccc23)c2cccc3oc4ccccc4c23)cc(N(c2cc(-c3ccccc3)c3c(c2)oc2ccccc23)c2cccc3oc4ccccc4c23)c1. The van der Waals surface area contributed by atoms with Crippen LogP contribution in [0, 0.1) is 0 Å². The summed E-state index contributed by atoms with van der Waals surface area (Å²) >= 11 is 7.60. The summed E-state index contributed by atoms with van der Waals surface area (Å²) in [5.74, 6) is 0. The Hall–Kier alpha value is -9.49. The van der Waals surface area contributed by atoms with Gasteiger partial charge in [0.2, 0.25) is 0 Å². The van der Waals surface area contributed by atoms with Crippen LogP contribution >= 0.6 is 11.6 Å². The fraction of sp³-hybridized carbons (Fsp3) is 0. The molecule has 7 heteroatoms. The van der Waals surface area contributed by atoms with E-state index in [2.05, 4.69) is 174 Å². The van der Waals surface area contributed by atoms with Crippen LogP contribution in [0.5, 0.6) is 0 Å². The smallest absolute Gasteiger partial charge is 0.138 e. The number of nitrogens with zero attached hydrogens (tertiary/aromatic N) is 2. The Kier molecular flexibility index (Phi) is 9.22. The monoisotopic (exact) mass is 958 g/mol. The predicted molar refractivity (Wildman–Crippen MR) is 301 cm³/mol. The molecule has 344 valence electrons. The second-order valence-electron chi connectivity index (χ2n) is 18.5. The zero-order chi connectivity index (χ0) is 48.1. The molecule has 0 unspecified atom stereocenters. The number of benzene rings is 11. The van der Waals surface area contributed by atoms with Crippen molar-refractivity contribution in [1.29, 1.82) is 0 Å². The van der Waals surface area contributed by atoms with Gasteiger partial charge in [-0.2, -0.15) is 0 Å². The summed E-state index contributed by atoms with van der Waals surface area (Å²) in [4.78, 5) is 4.59. The molecular formula is C66H39ClN2O4. The van der Waals surface area contributed by atoms with Crippen molar-refractivity contribution < 1.29 is 17.7 Å². The van der Waals surface area contributed by atoms with Crippen LogP contribution in [0.3, 0.4) is 0 Å². The third-order valence-electron chi connectivity index (χ3n) is 14.2. The summed E-state index contributed by atoms with van der Waals surface area (Å²) in [6.07, 6.45) is 0. The number of anilines is 6. The summed E-state index contributed by atoms with van der Waals surface area (Å²) in [6, 6.07) is 81.7. The van der Waals surface area contributed by atoms with Gasteiger partial charge in [0.15, 0.2) is 0 Å². The summed E-state index contributed by atoms with van der Waals surface area (Å²) in [7, 11) is 0. The summed E-state index contributed by atoms with van der Waals surface area (Å²) in [5.41, 5.74) is 15.8. The van der Waals surface area contributed by atoms with Gasteiger partial charge in [-0.3, -0.25) is 0 Å². The van der Waals surface area contributed by atoms with Crippen LogP contribution in [-0.2, 0) is 0 Å². The molecule has 0 atom stereocenters. The van der Waals surface area contributed by atoms with Gasteiger partial charge < -0.3 is 27.5 Å². The molecule has 4 heterocycles. The minimum atomic E-state index is 0.539. The summed E-state index contributed by atoms with van der Waals surface area (Å²) in [5, 5.41) is 8.68. The highest BCUT2D eigenvalue weighted by atomic mass is 35.5. The lowest BCUT2D eigenvalue weighted by atomic mass is 9.97. The molecule has 0 fully saturated rings. The van der Waals surface area contributed by atoms with E-state index in [1.165, 1.54) is 0 Å². The van der Waals surface area contributed by atoms with Crippen LogP contribution in [0.4, 0.5) is 34.1 Å². The third kappa shape index (κ3) is 6.58. The van der Waals surface area contributed by atoms with Gasteiger partial charge in [-0.05, 0) is 101 Å².